The number of nitriles is 1. The number of aryl methyl sites for hydroxylation is 1. The van der Waals surface area contributed by atoms with Gasteiger partial charge in [-0.3, -0.25) is 19.2 Å². The Hall–Kier alpha value is -6.07. The summed E-state index contributed by atoms with van der Waals surface area (Å²) < 4.78 is 58.3. The smallest absolute Gasteiger partial charge is 0.417 e. The molecule has 70 heavy (non-hydrogen) atoms. The van der Waals surface area contributed by atoms with E-state index in [0.717, 1.165) is 28.3 Å². The van der Waals surface area contributed by atoms with Crippen molar-refractivity contribution in [1.82, 2.24) is 25.8 Å². The van der Waals surface area contributed by atoms with Gasteiger partial charge in [-0.1, -0.05) is 72.7 Å². The Balaban J connectivity index is 0.912. The summed E-state index contributed by atoms with van der Waals surface area (Å²) in [6.45, 7) is 14.8. The molecule has 6 rings (SSSR count). The van der Waals surface area contributed by atoms with Crippen LogP contribution in [0.15, 0.2) is 72.2 Å². The van der Waals surface area contributed by atoms with Crippen molar-refractivity contribution in [3.63, 3.8) is 0 Å². The summed E-state index contributed by atoms with van der Waals surface area (Å²) in [4.78, 5) is 60.4. The molecule has 376 valence electrons. The van der Waals surface area contributed by atoms with E-state index in [9.17, 15) is 42.6 Å². The number of carbonyl (C=O) groups excluding carboxylic acids is 4. The molecule has 1 aromatic heterocycles. The number of aromatic nitrogens is 1. The van der Waals surface area contributed by atoms with Gasteiger partial charge in [0.1, 0.15) is 36.3 Å². The van der Waals surface area contributed by atoms with E-state index in [0.29, 0.717) is 36.3 Å². The Morgan fingerprint density at radius 2 is 1.59 bits per heavy atom. The zero-order valence-electron chi connectivity index (χ0n) is 40.5. The maximum absolute atomic E-state index is 14.0. The third-order valence-electron chi connectivity index (χ3n) is 12.9. The molecule has 0 radical (unpaired) electrons. The number of thiazole rings is 1. The van der Waals surface area contributed by atoms with E-state index in [1.165, 1.54) is 22.3 Å². The monoisotopic (exact) mass is 990 g/mol. The molecule has 1 saturated carbocycles. The number of benzene rings is 3. The summed E-state index contributed by atoms with van der Waals surface area (Å²) in [7, 11) is 0. The van der Waals surface area contributed by atoms with Crippen LogP contribution in [0.1, 0.15) is 107 Å². The number of hydrogen-bond donors (Lipinski definition) is 5. The van der Waals surface area contributed by atoms with Gasteiger partial charge in [-0.25, -0.2) is 4.98 Å². The van der Waals surface area contributed by atoms with Crippen LogP contribution in [0, 0.1) is 34.5 Å². The fraction of sp³-hybridized carbons (Fsp3) is 0.490. The first kappa shape index (κ1) is 53.3. The van der Waals surface area contributed by atoms with Crippen LogP contribution in [-0.4, -0.2) is 100 Å². The second-order valence-corrected chi connectivity index (χ2v) is 20.9. The fourth-order valence-corrected chi connectivity index (χ4v) is 10.3. The number of hydrogen-bond acceptors (Lipinski definition) is 12. The second kappa shape index (κ2) is 21.5. The number of aliphatic hydroxyl groups is 2. The maximum atomic E-state index is 14.0. The lowest BCUT2D eigenvalue weighted by Gasteiger charge is -2.63. The highest BCUT2D eigenvalue weighted by Gasteiger charge is 2.64. The van der Waals surface area contributed by atoms with Gasteiger partial charge in [-0.2, -0.15) is 18.4 Å². The first-order chi connectivity index (χ1) is 32.8. The van der Waals surface area contributed by atoms with E-state index in [4.69, 9.17) is 19.5 Å². The average Bonchev–Trinajstić information content (AvgIpc) is 3.92. The quantitative estimate of drug-likeness (QED) is 0.0501. The molecule has 4 amide bonds. The minimum absolute atomic E-state index is 0.0194. The van der Waals surface area contributed by atoms with Crippen molar-refractivity contribution in [2.45, 2.75) is 117 Å². The largest absolute Gasteiger partial charge is 0.494 e. The summed E-state index contributed by atoms with van der Waals surface area (Å²) in [5.41, 5.74) is 0.696. The molecule has 2 aliphatic rings. The van der Waals surface area contributed by atoms with Crippen molar-refractivity contribution in [1.29, 1.82) is 5.26 Å². The van der Waals surface area contributed by atoms with Gasteiger partial charge in [-0.15, -0.1) is 11.3 Å². The predicted molar refractivity (Wildman–Crippen MR) is 254 cm³/mol. The molecule has 0 bridgehead atoms. The molecule has 4 atom stereocenters. The molecule has 5 N–H and O–H groups in total. The highest BCUT2D eigenvalue weighted by Crippen LogP contribution is 2.56. The average molecular weight is 991 g/mol. The molecule has 1 unspecified atom stereocenters. The van der Waals surface area contributed by atoms with Gasteiger partial charge in [0, 0.05) is 47.6 Å². The topological polar surface area (TPSA) is 212 Å². The molecular formula is C51H61F3N6O9S. The number of unbranched alkanes of at least 4 members (excludes halogenated alkanes) is 1. The molecule has 4 aromatic rings. The zero-order valence-corrected chi connectivity index (χ0v) is 41.3. The number of likely N-dealkylation sites (tertiary alicyclic amines) is 1. The number of β-amino-alcohol motifs (C(OH)–C–C–N with tert-alkyl or cyclic N) is 1. The first-order valence-corrected chi connectivity index (χ1v) is 23.9. The molecule has 2 heterocycles. The molecule has 15 nitrogen and oxygen atoms in total. The van der Waals surface area contributed by atoms with Crippen LogP contribution in [0.2, 0.25) is 0 Å². The minimum Gasteiger partial charge on any atom is -0.494 e. The van der Waals surface area contributed by atoms with Gasteiger partial charge < -0.3 is 45.3 Å². The SMILES string of the molecule is Cc1ncsc1-c1ccc([C@H](O)NC(=O)[C@@H]2C[C@@H](O)CN2C(=O)C(NC(=O)COCCCCOc2ccc(C(=O)N[C@H]3C(C)(C)[C@H](Oc4ccc(C#N)c(C(F)(F)F)c4)C3(C)C)cc2)C(C)(C)C)cc1. The highest BCUT2D eigenvalue weighted by atomic mass is 32.1. The van der Waals surface area contributed by atoms with Crippen LogP contribution in [0.25, 0.3) is 10.4 Å². The second-order valence-electron chi connectivity index (χ2n) is 20.1. The Morgan fingerprint density at radius 3 is 2.19 bits per heavy atom. The van der Waals surface area contributed by atoms with Crippen LogP contribution in [0.4, 0.5) is 13.2 Å². The lowest BCUT2D eigenvalue weighted by molar-refractivity contribution is -0.164. The lowest BCUT2D eigenvalue weighted by Crippen LogP contribution is -2.74. The number of halogens is 3. The molecule has 1 aliphatic carbocycles. The molecule has 2 fully saturated rings. The Labute approximate surface area is 409 Å². The fourth-order valence-electron chi connectivity index (χ4n) is 9.48. The van der Waals surface area contributed by atoms with Crippen molar-refractivity contribution in [3.8, 4) is 28.0 Å². The number of aliphatic hydroxyl groups excluding tert-OH is 2. The third kappa shape index (κ3) is 12.3. The Kier molecular flexibility index (Phi) is 16.4. The Morgan fingerprint density at radius 1 is 0.943 bits per heavy atom. The van der Waals surface area contributed by atoms with Gasteiger partial charge in [0.05, 0.1) is 46.0 Å². The summed E-state index contributed by atoms with van der Waals surface area (Å²) in [5, 5.41) is 39.0. The van der Waals surface area contributed by atoms with E-state index < -0.39 is 81.8 Å². The van der Waals surface area contributed by atoms with Crippen molar-refractivity contribution in [2.24, 2.45) is 16.2 Å². The predicted octanol–water partition coefficient (Wildman–Crippen LogP) is 7.10. The Bertz CT molecular complexity index is 2540. The molecular weight excluding hydrogens is 930 g/mol. The van der Waals surface area contributed by atoms with Crippen molar-refractivity contribution < 1.29 is 56.8 Å². The van der Waals surface area contributed by atoms with Crippen molar-refractivity contribution in [3.05, 3.63) is 100 Å². The first-order valence-electron chi connectivity index (χ1n) is 23.0. The van der Waals surface area contributed by atoms with E-state index in [1.807, 2.05) is 46.8 Å². The molecule has 1 saturated heterocycles. The van der Waals surface area contributed by atoms with Crippen LogP contribution >= 0.6 is 11.3 Å². The van der Waals surface area contributed by atoms with Gasteiger partial charge in [0.2, 0.25) is 17.7 Å². The normalized spacial score (nSPS) is 20.3. The summed E-state index contributed by atoms with van der Waals surface area (Å²) in [5.74, 6) is -1.56. The molecule has 19 heteroatoms. The van der Waals surface area contributed by atoms with Gasteiger partial charge in [0.25, 0.3) is 5.91 Å². The zero-order chi connectivity index (χ0) is 51.3. The van der Waals surface area contributed by atoms with Crippen LogP contribution in [0.5, 0.6) is 11.5 Å². The van der Waals surface area contributed by atoms with E-state index in [1.54, 1.807) is 68.7 Å². The van der Waals surface area contributed by atoms with E-state index >= 15 is 0 Å². The van der Waals surface area contributed by atoms with E-state index in [-0.39, 0.29) is 43.9 Å². The molecule has 3 aromatic carbocycles. The number of ether oxygens (including phenoxy) is 3. The van der Waals surface area contributed by atoms with Crippen LogP contribution in [-0.2, 0) is 25.3 Å². The number of nitrogens with zero attached hydrogens (tertiary/aromatic N) is 3. The number of carbonyl (C=O) groups is 4. The van der Waals surface area contributed by atoms with E-state index in [2.05, 4.69) is 20.9 Å². The number of alkyl halides is 3. The highest BCUT2D eigenvalue weighted by molar-refractivity contribution is 7.13. The lowest BCUT2D eigenvalue weighted by atomic mass is 9.49. The van der Waals surface area contributed by atoms with Gasteiger partial charge in [-0.05, 0) is 73.2 Å². The van der Waals surface area contributed by atoms with Crippen molar-refractivity contribution >= 4 is 35.0 Å². The summed E-state index contributed by atoms with van der Waals surface area (Å²) in [6.07, 6.45) is -6.56. The number of amides is 4. The van der Waals surface area contributed by atoms with Crippen molar-refractivity contribution in [2.75, 3.05) is 26.4 Å². The number of rotatable bonds is 18. The van der Waals surface area contributed by atoms with Gasteiger partial charge in [0.15, 0.2) is 6.23 Å². The summed E-state index contributed by atoms with van der Waals surface area (Å²) >= 11 is 1.50. The minimum atomic E-state index is -4.72. The third-order valence-corrected chi connectivity index (χ3v) is 13.9. The standard InChI is InChI=1S/C51H61F3N6O9S/c1-29-40(70-28-56-29)30-11-13-31(14-12-30)42(63)58-44(65)38-23-34(61)26-60(38)45(66)41(48(2,3)4)57-39(62)27-67-21-9-10-22-68-35-18-15-32(16-19-35)43(64)59-46-49(5,6)47(50(46,7)8)69-36-20-17-33(25-55)37(24-36)51(52,53)54/h11-20,24,28,34,38,41-42,46-47,61,63H,9-10,21-23,26-27H2,1-8H3,(H,57,62)(H,58,65)(H,59,64)/t34-,38+,41?,42+,46-,47-/m1/s1. The number of nitrogens with one attached hydrogen (secondary N) is 3. The van der Waals surface area contributed by atoms with Crippen LogP contribution in [0.3, 0.4) is 0 Å². The van der Waals surface area contributed by atoms with Crippen LogP contribution < -0.4 is 25.4 Å². The summed E-state index contributed by atoms with van der Waals surface area (Å²) in [6, 6.07) is 15.9. The van der Waals surface area contributed by atoms with Gasteiger partial charge >= 0.3 is 6.18 Å². The maximum Gasteiger partial charge on any atom is 0.417 e. The molecule has 1 aliphatic heterocycles. The molecule has 0 spiro atoms.